The Kier molecular flexibility index (Phi) is 5.19. The van der Waals surface area contributed by atoms with Crippen LogP contribution in [0.4, 0.5) is 4.79 Å². The van der Waals surface area contributed by atoms with Crippen molar-refractivity contribution < 1.29 is 14.4 Å². The van der Waals surface area contributed by atoms with Crippen LogP contribution in [0, 0.1) is 0 Å². The summed E-state index contributed by atoms with van der Waals surface area (Å²) in [7, 11) is 0. The zero-order valence-corrected chi connectivity index (χ0v) is 16.2. The topological polar surface area (TPSA) is 81.8 Å². The number of thiophene rings is 1. The van der Waals surface area contributed by atoms with Gasteiger partial charge in [-0.2, -0.15) is 5.01 Å². The van der Waals surface area contributed by atoms with Crippen molar-refractivity contribution in [2.75, 3.05) is 13.1 Å². The van der Waals surface area contributed by atoms with Gasteiger partial charge in [0.15, 0.2) is 0 Å². The Hall–Kier alpha value is -1.93. The van der Waals surface area contributed by atoms with E-state index in [9.17, 15) is 14.4 Å². The number of carbonyl (C=O) groups is 3. The predicted molar refractivity (Wildman–Crippen MR) is 102 cm³/mol. The number of nitrogens with zero attached hydrogens (tertiary/aromatic N) is 2. The summed E-state index contributed by atoms with van der Waals surface area (Å²) in [5, 5.41) is 5.79. The third kappa shape index (κ3) is 3.60. The van der Waals surface area contributed by atoms with E-state index >= 15 is 0 Å². The highest BCUT2D eigenvalue weighted by atomic mass is 32.1. The Morgan fingerprint density at radius 1 is 1.26 bits per heavy atom. The van der Waals surface area contributed by atoms with E-state index in [1.54, 1.807) is 11.3 Å². The first-order valence-corrected chi connectivity index (χ1v) is 10.7. The molecule has 3 fully saturated rings. The molecule has 0 radical (unpaired) electrons. The molecular formula is C19H26N4O3S. The smallest absolute Gasteiger partial charge is 0.322 e. The second kappa shape index (κ2) is 7.59. The largest absolute Gasteiger partial charge is 0.344 e. The van der Waals surface area contributed by atoms with E-state index in [1.165, 1.54) is 4.88 Å². The molecule has 0 bridgehead atoms. The fourth-order valence-corrected chi connectivity index (χ4v) is 5.43. The standard InChI is InChI=1S/C19H26N4O3S/c24-16(8-12-22-11-4-6-14(22)15-7-5-13-27-15)21-23-17(25)19(20-18(23)26)9-2-1-3-10-19/h5,7,13-14H,1-4,6,8-12H2,(H,20,26)(H,21,24)/t14-/m1/s1. The minimum atomic E-state index is -0.804. The molecule has 1 aromatic heterocycles. The lowest BCUT2D eigenvalue weighted by Crippen LogP contribution is -2.51. The zero-order valence-electron chi connectivity index (χ0n) is 15.4. The van der Waals surface area contributed by atoms with Gasteiger partial charge in [0.2, 0.25) is 5.91 Å². The molecule has 1 aliphatic carbocycles. The first-order chi connectivity index (χ1) is 13.1. The normalized spacial score (nSPS) is 25.2. The van der Waals surface area contributed by atoms with Crippen molar-refractivity contribution in [1.82, 2.24) is 20.7 Å². The number of carbonyl (C=O) groups excluding carboxylic acids is 3. The van der Waals surface area contributed by atoms with Crippen LogP contribution < -0.4 is 10.7 Å². The van der Waals surface area contributed by atoms with Crippen LogP contribution in [-0.2, 0) is 9.59 Å². The maximum absolute atomic E-state index is 12.7. The van der Waals surface area contributed by atoms with Gasteiger partial charge >= 0.3 is 6.03 Å². The second-order valence-corrected chi connectivity index (χ2v) is 8.69. The highest BCUT2D eigenvalue weighted by Crippen LogP contribution is 2.35. The molecule has 4 rings (SSSR count). The summed E-state index contributed by atoms with van der Waals surface area (Å²) in [5.74, 6) is -0.596. The molecule has 0 unspecified atom stereocenters. The molecule has 2 N–H and O–H groups in total. The highest BCUT2D eigenvalue weighted by Gasteiger charge is 2.52. The summed E-state index contributed by atoms with van der Waals surface area (Å²) in [6, 6.07) is 4.07. The third-order valence-electron chi connectivity index (χ3n) is 5.97. The fourth-order valence-electron chi connectivity index (χ4n) is 4.54. The SMILES string of the molecule is O=C(CCN1CCC[C@@H]1c1cccs1)NN1C(=O)NC2(CCCCC2)C1=O. The van der Waals surface area contributed by atoms with Gasteiger partial charge in [0, 0.05) is 23.9 Å². The molecule has 27 heavy (non-hydrogen) atoms. The van der Waals surface area contributed by atoms with Crippen LogP contribution in [0.3, 0.4) is 0 Å². The van der Waals surface area contributed by atoms with Crippen LogP contribution >= 0.6 is 11.3 Å². The van der Waals surface area contributed by atoms with Gasteiger partial charge in [-0.15, -0.1) is 11.3 Å². The molecule has 3 aliphatic rings. The minimum Gasteiger partial charge on any atom is -0.322 e. The molecular weight excluding hydrogens is 364 g/mol. The lowest BCUT2D eigenvalue weighted by atomic mass is 9.82. The summed E-state index contributed by atoms with van der Waals surface area (Å²) in [6.07, 6.45) is 6.74. The van der Waals surface area contributed by atoms with Crippen molar-refractivity contribution in [2.24, 2.45) is 0 Å². The van der Waals surface area contributed by atoms with Crippen LogP contribution in [0.2, 0.25) is 0 Å². The molecule has 8 heteroatoms. The summed E-state index contributed by atoms with van der Waals surface area (Å²) >= 11 is 1.75. The number of likely N-dealkylation sites (tertiary alicyclic amines) is 1. The van der Waals surface area contributed by atoms with E-state index < -0.39 is 11.6 Å². The van der Waals surface area contributed by atoms with Gasteiger partial charge < -0.3 is 5.32 Å². The lowest BCUT2D eigenvalue weighted by molar-refractivity contribution is -0.140. The predicted octanol–water partition coefficient (Wildman–Crippen LogP) is 2.56. The van der Waals surface area contributed by atoms with E-state index in [4.69, 9.17) is 0 Å². The van der Waals surface area contributed by atoms with Crippen LogP contribution in [0.1, 0.15) is 62.3 Å². The van der Waals surface area contributed by atoms with E-state index in [2.05, 4.69) is 33.2 Å². The number of hydrogen-bond acceptors (Lipinski definition) is 5. The van der Waals surface area contributed by atoms with Crippen LogP contribution in [0.25, 0.3) is 0 Å². The first kappa shape index (κ1) is 18.4. The molecule has 1 aromatic rings. The van der Waals surface area contributed by atoms with E-state index in [0.29, 0.717) is 25.4 Å². The third-order valence-corrected chi connectivity index (χ3v) is 6.94. The molecule has 146 valence electrons. The average Bonchev–Trinajstić information content (AvgIpc) is 3.38. The fraction of sp³-hybridized carbons (Fsp3) is 0.632. The van der Waals surface area contributed by atoms with Crippen LogP contribution in [0.5, 0.6) is 0 Å². The molecule has 0 aromatic carbocycles. The van der Waals surface area contributed by atoms with Crippen molar-refractivity contribution in [3.05, 3.63) is 22.4 Å². The minimum absolute atomic E-state index is 0.270. The van der Waals surface area contributed by atoms with E-state index in [-0.39, 0.29) is 18.2 Å². The highest BCUT2D eigenvalue weighted by molar-refractivity contribution is 7.10. The van der Waals surface area contributed by atoms with Crippen molar-refractivity contribution in [3.63, 3.8) is 0 Å². The Bertz CT molecular complexity index is 715. The van der Waals surface area contributed by atoms with Gasteiger partial charge in [-0.3, -0.25) is 19.9 Å². The average molecular weight is 391 g/mol. The van der Waals surface area contributed by atoms with Gasteiger partial charge in [0.05, 0.1) is 0 Å². The van der Waals surface area contributed by atoms with Crippen LogP contribution in [-0.4, -0.2) is 46.4 Å². The van der Waals surface area contributed by atoms with Gasteiger partial charge in [-0.25, -0.2) is 4.79 Å². The van der Waals surface area contributed by atoms with Crippen molar-refractivity contribution >= 4 is 29.2 Å². The molecule has 1 saturated carbocycles. The summed E-state index contributed by atoms with van der Waals surface area (Å²) < 4.78 is 0. The first-order valence-electron chi connectivity index (χ1n) is 9.83. The van der Waals surface area contributed by atoms with Crippen molar-refractivity contribution in [1.29, 1.82) is 0 Å². The second-order valence-electron chi connectivity index (χ2n) is 7.71. The monoisotopic (exact) mass is 390 g/mol. The number of hydrogen-bond donors (Lipinski definition) is 2. The molecule has 1 spiro atoms. The number of imide groups is 1. The number of amides is 4. The Morgan fingerprint density at radius 2 is 2.07 bits per heavy atom. The van der Waals surface area contributed by atoms with Crippen molar-refractivity contribution in [2.45, 2.75) is 62.9 Å². The maximum atomic E-state index is 12.7. The quantitative estimate of drug-likeness (QED) is 0.757. The summed E-state index contributed by atoms with van der Waals surface area (Å²) in [6.45, 7) is 1.60. The van der Waals surface area contributed by atoms with Gasteiger partial charge in [0.25, 0.3) is 5.91 Å². The maximum Gasteiger partial charge on any atom is 0.344 e. The summed E-state index contributed by atoms with van der Waals surface area (Å²) in [5.41, 5.74) is 1.73. The molecule has 7 nitrogen and oxygen atoms in total. The van der Waals surface area contributed by atoms with Gasteiger partial charge in [-0.1, -0.05) is 25.3 Å². The molecule has 2 aliphatic heterocycles. The Morgan fingerprint density at radius 3 is 2.81 bits per heavy atom. The van der Waals surface area contributed by atoms with Crippen LogP contribution in [0.15, 0.2) is 17.5 Å². The molecule has 3 heterocycles. The zero-order chi connectivity index (χ0) is 18.9. The van der Waals surface area contributed by atoms with Crippen molar-refractivity contribution in [3.8, 4) is 0 Å². The number of rotatable bonds is 5. The van der Waals surface area contributed by atoms with Gasteiger partial charge in [0.1, 0.15) is 5.54 Å². The number of urea groups is 1. The molecule has 2 saturated heterocycles. The van der Waals surface area contributed by atoms with E-state index in [0.717, 1.165) is 43.7 Å². The van der Waals surface area contributed by atoms with Gasteiger partial charge in [-0.05, 0) is 43.7 Å². The number of hydrazine groups is 1. The summed E-state index contributed by atoms with van der Waals surface area (Å²) in [4.78, 5) is 41.0. The lowest BCUT2D eigenvalue weighted by Gasteiger charge is -2.30. The number of nitrogens with one attached hydrogen (secondary N) is 2. The Labute approximate surface area is 163 Å². The Balaban J connectivity index is 1.32. The molecule has 1 atom stereocenters. The van der Waals surface area contributed by atoms with E-state index in [1.807, 2.05) is 0 Å². The molecule has 4 amide bonds.